The number of nitrogens with zero attached hydrogens (tertiary/aromatic N) is 4. The molecule has 0 aromatic carbocycles. The van der Waals surface area contributed by atoms with Gasteiger partial charge in [0.25, 0.3) is 5.91 Å². The number of carbonyl (C=O) groups excluding carboxylic acids is 1. The number of anilines is 3. The van der Waals surface area contributed by atoms with E-state index < -0.39 is 0 Å². The van der Waals surface area contributed by atoms with Crippen molar-refractivity contribution >= 4 is 29.4 Å². The summed E-state index contributed by atoms with van der Waals surface area (Å²) < 4.78 is 2.06. The molecule has 3 heterocycles. The maximum atomic E-state index is 12.9. The largest absolute Gasteiger partial charge is 0.396 e. The third-order valence-electron chi connectivity index (χ3n) is 7.35. The number of nitrogens with one attached hydrogen (secondary N) is 3. The van der Waals surface area contributed by atoms with E-state index in [1.54, 1.807) is 25.1 Å². The molecule has 1 aliphatic carbocycles. The maximum Gasteiger partial charge on any atom is 0.270 e. The molecule has 0 bridgehead atoms. The van der Waals surface area contributed by atoms with E-state index in [4.69, 9.17) is 5.41 Å². The minimum absolute atomic E-state index is 0.0747. The average Bonchev–Trinajstić information content (AvgIpc) is 3.52. The molecular formula is C27H39N7O2. The Morgan fingerprint density at radius 1 is 1.22 bits per heavy atom. The molecule has 1 saturated carbocycles. The van der Waals surface area contributed by atoms with E-state index in [0.717, 1.165) is 63.7 Å². The second-order valence-corrected chi connectivity index (χ2v) is 10.1. The predicted molar refractivity (Wildman–Crippen MR) is 145 cm³/mol. The molecule has 2 aromatic heterocycles. The van der Waals surface area contributed by atoms with Crippen LogP contribution in [0.3, 0.4) is 0 Å². The molecule has 0 spiro atoms. The number of aliphatic hydroxyl groups is 1. The van der Waals surface area contributed by atoms with Crippen LogP contribution in [0.15, 0.2) is 36.8 Å². The van der Waals surface area contributed by atoms with Gasteiger partial charge in [-0.2, -0.15) is 0 Å². The Kier molecular flexibility index (Phi) is 8.30. The summed E-state index contributed by atoms with van der Waals surface area (Å²) in [6, 6.07) is 6.01. The molecule has 2 aromatic rings. The number of aliphatic hydroxyl groups excluding tert-OH is 1. The molecule has 9 heteroatoms. The molecule has 0 radical (unpaired) electrons. The Morgan fingerprint density at radius 3 is 2.53 bits per heavy atom. The number of pyridine rings is 1. The zero-order chi connectivity index (χ0) is 25.7. The molecule has 194 valence electrons. The lowest BCUT2D eigenvalue weighted by Gasteiger charge is -2.33. The van der Waals surface area contributed by atoms with E-state index in [9.17, 15) is 9.90 Å². The third kappa shape index (κ3) is 5.73. The second-order valence-electron chi connectivity index (χ2n) is 10.1. The van der Waals surface area contributed by atoms with Crippen molar-refractivity contribution in [3.05, 3.63) is 48.1 Å². The van der Waals surface area contributed by atoms with Crippen LogP contribution in [0, 0.1) is 11.3 Å². The van der Waals surface area contributed by atoms with Gasteiger partial charge in [-0.3, -0.25) is 4.79 Å². The molecule has 0 atom stereocenters. The molecular weight excluding hydrogens is 454 g/mol. The summed E-state index contributed by atoms with van der Waals surface area (Å²) in [5.41, 5.74) is 2.34. The number of rotatable bonds is 10. The normalized spacial score (nSPS) is 16.7. The van der Waals surface area contributed by atoms with Crippen molar-refractivity contribution in [1.82, 2.24) is 14.5 Å². The lowest BCUT2D eigenvalue weighted by Crippen LogP contribution is -2.34. The van der Waals surface area contributed by atoms with Gasteiger partial charge in [0, 0.05) is 51.6 Å². The molecule has 1 aliphatic heterocycles. The first-order valence-corrected chi connectivity index (χ1v) is 12.9. The summed E-state index contributed by atoms with van der Waals surface area (Å²) in [5, 5.41) is 23.7. The third-order valence-corrected chi connectivity index (χ3v) is 7.35. The zero-order valence-electron chi connectivity index (χ0n) is 21.5. The molecule has 0 unspecified atom stereocenters. The number of piperidine rings is 1. The zero-order valence-corrected chi connectivity index (χ0v) is 21.5. The molecule has 2 fully saturated rings. The summed E-state index contributed by atoms with van der Waals surface area (Å²) in [4.78, 5) is 21.4. The summed E-state index contributed by atoms with van der Waals surface area (Å²) in [6.07, 6.45) is 10.5. The highest BCUT2D eigenvalue weighted by molar-refractivity contribution is 5.98. The first-order chi connectivity index (χ1) is 17.4. The number of amides is 1. The standard InChI is InChI=1S/C27H39N7O2/c1-19(30-25-9-8-23(18-29-25)33-13-10-20(11-14-33)12-15-35)31-26-21(17-28)16-24(27(36)32(2)3)34(26)22-6-4-5-7-22/h8-9,16-18,20,22,28,31,35H,1,4-7,10-15H2,2-3H3,(H,29,30). The SMILES string of the molecule is C=C(Nc1ccc(N2CCC(CCO)CC2)cn1)Nc1c(C=N)cc(C(=O)N(C)C)n1C1CCCC1. The van der Waals surface area contributed by atoms with Crippen molar-refractivity contribution in [2.75, 3.05) is 49.3 Å². The molecule has 1 saturated heterocycles. The Labute approximate surface area is 213 Å². The molecule has 1 amide bonds. The number of hydrogen-bond donors (Lipinski definition) is 4. The number of aromatic nitrogens is 2. The van der Waals surface area contributed by atoms with Crippen LogP contribution in [0.5, 0.6) is 0 Å². The van der Waals surface area contributed by atoms with Gasteiger partial charge < -0.3 is 35.5 Å². The lowest BCUT2D eigenvalue weighted by atomic mass is 9.94. The monoisotopic (exact) mass is 493 g/mol. The summed E-state index contributed by atoms with van der Waals surface area (Å²) in [5.74, 6) is 2.45. The minimum Gasteiger partial charge on any atom is -0.396 e. The van der Waals surface area contributed by atoms with Gasteiger partial charge in [0.1, 0.15) is 23.2 Å². The fourth-order valence-corrected chi connectivity index (χ4v) is 5.36. The van der Waals surface area contributed by atoms with Crippen molar-refractivity contribution in [2.45, 2.75) is 51.0 Å². The van der Waals surface area contributed by atoms with E-state index in [2.05, 4.69) is 37.7 Å². The van der Waals surface area contributed by atoms with Gasteiger partial charge in [-0.15, -0.1) is 0 Å². The number of carbonyl (C=O) groups is 1. The van der Waals surface area contributed by atoms with E-state index in [-0.39, 0.29) is 18.6 Å². The molecule has 4 N–H and O–H groups in total. The number of hydrogen-bond acceptors (Lipinski definition) is 7. The Balaban J connectivity index is 1.46. The van der Waals surface area contributed by atoms with Crippen LogP contribution in [0.1, 0.15) is 67.0 Å². The minimum atomic E-state index is -0.0747. The average molecular weight is 494 g/mol. The molecule has 4 rings (SSSR count). The highest BCUT2D eigenvalue weighted by Crippen LogP contribution is 2.36. The smallest absolute Gasteiger partial charge is 0.270 e. The van der Waals surface area contributed by atoms with Crippen LogP contribution >= 0.6 is 0 Å². The highest BCUT2D eigenvalue weighted by Gasteiger charge is 2.28. The van der Waals surface area contributed by atoms with Gasteiger partial charge in [-0.05, 0) is 56.2 Å². The predicted octanol–water partition coefficient (Wildman–Crippen LogP) is 4.29. The van der Waals surface area contributed by atoms with E-state index in [1.165, 1.54) is 6.21 Å². The Morgan fingerprint density at radius 2 is 1.94 bits per heavy atom. The van der Waals surface area contributed by atoms with Gasteiger partial charge in [-0.25, -0.2) is 4.98 Å². The van der Waals surface area contributed by atoms with Crippen LogP contribution < -0.4 is 15.5 Å². The van der Waals surface area contributed by atoms with Crippen LogP contribution in [-0.2, 0) is 0 Å². The molecule has 36 heavy (non-hydrogen) atoms. The Hall–Kier alpha value is -3.33. The molecule has 9 nitrogen and oxygen atoms in total. The van der Waals surface area contributed by atoms with Crippen molar-refractivity contribution in [1.29, 1.82) is 5.41 Å². The van der Waals surface area contributed by atoms with Crippen molar-refractivity contribution in [2.24, 2.45) is 5.92 Å². The second kappa shape index (κ2) is 11.6. The van der Waals surface area contributed by atoms with Crippen LogP contribution in [0.25, 0.3) is 0 Å². The van der Waals surface area contributed by atoms with Gasteiger partial charge in [0.05, 0.1) is 11.9 Å². The van der Waals surface area contributed by atoms with Crippen molar-refractivity contribution in [3.8, 4) is 0 Å². The van der Waals surface area contributed by atoms with Crippen molar-refractivity contribution in [3.63, 3.8) is 0 Å². The van der Waals surface area contributed by atoms with E-state index >= 15 is 0 Å². The van der Waals surface area contributed by atoms with Gasteiger partial charge in [0.15, 0.2) is 0 Å². The first kappa shape index (κ1) is 25.8. The van der Waals surface area contributed by atoms with Crippen molar-refractivity contribution < 1.29 is 9.90 Å². The quantitative estimate of drug-likeness (QED) is 0.368. The first-order valence-electron chi connectivity index (χ1n) is 12.9. The van der Waals surface area contributed by atoms with Gasteiger partial charge in [0.2, 0.25) is 0 Å². The fourth-order valence-electron chi connectivity index (χ4n) is 5.36. The van der Waals surface area contributed by atoms with Crippen LogP contribution in [-0.4, -0.2) is 65.5 Å². The maximum absolute atomic E-state index is 12.9. The topological polar surface area (TPSA) is 110 Å². The van der Waals surface area contributed by atoms with Crippen LogP contribution in [0.4, 0.5) is 17.3 Å². The van der Waals surface area contributed by atoms with Crippen LogP contribution in [0.2, 0.25) is 0 Å². The summed E-state index contributed by atoms with van der Waals surface area (Å²) >= 11 is 0. The van der Waals surface area contributed by atoms with Gasteiger partial charge >= 0.3 is 0 Å². The fraction of sp³-hybridized carbons (Fsp3) is 0.519. The van der Waals surface area contributed by atoms with Gasteiger partial charge in [-0.1, -0.05) is 19.4 Å². The lowest BCUT2D eigenvalue weighted by molar-refractivity contribution is 0.0815. The highest BCUT2D eigenvalue weighted by atomic mass is 16.3. The molecule has 2 aliphatic rings. The van der Waals surface area contributed by atoms with E-state index in [1.807, 2.05) is 12.3 Å². The summed E-state index contributed by atoms with van der Waals surface area (Å²) in [6.45, 7) is 6.36. The Bertz CT molecular complexity index is 1060. The van der Waals surface area contributed by atoms with E-state index in [0.29, 0.717) is 34.6 Å². The summed E-state index contributed by atoms with van der Waals surface area (Å²) in [7, 11) is 3.50.